The maximum atomic E-state index is 11.4. The zero-order valence-electron chi connectivity index (χ0n) is 17.0. The highest BCUT2D eigenvalue weighted by molar-refractivity contribution is 7.71. The number of aromatic nitrogens is 4. The zero-order chi connectivity index (χ0) is 25.0. The highest BCUT2D eigenvalue weighted by atomic mass is 35.5. The quantitative estimate of drug-likeness (QED) is 0.219. The van der Waals surface area contributed by atoms with Gasteiger partial charge in [-0.25, -0.2) is 0 Å². The summed E-state index contributed by atoms with van der Waals surface area (Å²) in [6, 6.07) is 15.0. The second-order valence-corrected chi connectivity index (χ2v) is 8.22. The highest BCUT2D eigenvalue weighted by Crippen LogP contribution is 2.22. The van der Waals surface area contributed by atoms with E-state index in [0.29, 0.717) is 21.4 Å². The van der Waals surface area contributed by atoms with E-state index >= 15 is 0 Å². The van der Waals surface area contributed by atoms with Gasteiger partial charge in [-0.05, 0) is 66.0 Å². The minimum atomic E-state index is -0.717. The molecule has 0 fully saturated rings. The molecule has 0 unspecified atom stereocenters. The van der Waals surface area contributed by atoms with Crippen molar-refractivity contribution >= 4 is 65.0 Å². The van der Waals surface area contributed by atoms with Gasteiger partial charge >= 0.3 is 0 Å². The van der Waals surface area contributed by atoms with Gasteiger partial charge in [-0.15, -0.1) is 4.91 Å². The highest BCUT2D eigenvalue weighted by Gasteiger charge is 2.12. The molecule has 4 aromatic rings. The van der Waals surface area contributed by atoms with E-state index in [4.69, 9.17) is 59.1 Å². The van der Waals surface area contributed by atoms with Crippen molar-refractivity contribution in [2.24, 2.45) is 5.18 Å². The Hall–Kier alpha value is -3.58. The molecule has 0 saturated carbocycles. The lowest BCUT2D eigenvalue weighted by Gasteiger charge is -2.11. The van der Waals surface area contributed by atoms with E-state index in [1.165, 1.54) is 10.6 Å². The SMILES string of the molecule is Nc1c(N=O)c(=O)[nH]c(=S)n1-c1cccc(Cl)c1.Nc1cc(=O)[nH]c(=S)n1-c1cccc(Cl)c1. The minimum Gasteiger partial charge on any atom is -0.385 e. The van der Waals surface area contributed by atoms with Crippen LogP contribution in [0.4, 0.5) is 17.3 Å². The van der Waals surface area contributed by atoms with Crippen molar-refractivity contribution in [1.82, 2.24) is 19.1 Å². The number of anilines is 2. The molecule has 0 saturated heterocycles. The second kappa shape index (κ2) is 10.6. The van der Waals surface area contributed by atoms with Crippen molar-refractivity contribution in [3.8, 4) is 11.4 Å². The van der Waals surface area contributed by atoms with E-state index in [9.17, 15) is 14.5 Å². The van der Waals surface area contributed by atoms with Crippen LogP contribution < -0.4 is 22.6 Å². The van der Waals surface area contributed by atoms with Crippen molar-refractivity contribution in [1.29, 1.82) is 0 Å². The Kier molecular flexibility index (Phi) is 7.79. The molecule has 0 aliphatic carbocycles. The topological polar surface area (TPSA) is 157 Å². The normalized spacial score (nSPS) is 10.3. The average molecular weight is 536 g/mol. The molecule has 174 valence electrons. The van der Waals surface area contributed by atoms with Gasteiger partial charge in [-0.1, -0.05) is 35.3 Å². The average Bonchev–Trinajstić information content (AvgIpc) is 2.73. The third-order valence-corrected chi connectivity index (χ3v) is 5.36. The molecule has 0 aliphatic heterocycles. The summed E-state index contributed by atoms with van der Waals surface area (Å²) in [6.45, 7) is 0. The van der Waals surface area contributed by atoms with Gasteiger partial charge < -0.3 is 11.5 Å². The molecule has 14 heteroatoms. The largest absolute Gasteiger partial charge is 0.385 e. The Labute approximate surface area is 211 Å². The lowest BCUT2D eigenvalue weighted by Crippen LogP contribution is -2.16. The molecule has 2 aromatic heterocycles. The van der Waals surface area contributed by atoms with E-state index in [1.807, 2.05) is 0 Å². The number of hydrogen-bond donors (Lipinski definition) is 4. The third kappa shape index (κ3) is 5.48. The Bertz CT molecular complexity index is 1630. The molecule has 0 spiro atoms. The van der Waals surface area contributed by atoms with Gasteiger partial charge in [0.1, 0.15) is 11.6 Å². The maximum Gasteiger partial charge on any atom is 0.283 e. The Morgan fingerprint density at radius 1 is 0.824 bits per heavy atom. The zero-order valence-corrected chi connectivity index (χ0v) is 20.1. The predicted molar refractivity (Wildman–Crippen MR) is 139 cm³/mol. The summed E-state index contributed by atoms with van der Waals surface area (Å²) < 4.78 is 3.17. The molecule has 0 aliphatic rings. The second-order valence-electron chi connectivity index (χ2n) is 6.58. The van der Waals surface area contributed by atoms with Crippen LogP contribution in [-0.4, -0.2) is 19.1 Å². The number of nitrogens with zero attached hydrogens (tertiary/aromatic N) is 3. The maximum absolute atomic E-state index is 11.4. The van der Waals surface area contributed by atoms with Crippen molar-refractivity contribution in [2.75, 3.05) is 11.5 Å². The third-order valence-electron chi connectivity index (χ3n) is 4.32. The Morgan fingerprint density at radius 2 is 1.35 bits per heavy atom. The molecule has 6 N–H and O–H groups in total. The van der Waals surface area contributed by atoms with Crippen LogP contribution in [-0.2, 0) is 0 Å². The molecule has 2 aromatic carbocycles. The standard InChI is InChI=1S/C10H7ClN4O2S.C10H8ClN3OS/c11-5-2-1-3-6(4-5)15-8(12)7(14-17)9(16)13-10(15)18;11-6-2-1-3-7(4-6)14-8(12)5-9(15)13-10(14)16/h1-4H,12H2,(H,13,16,18);1-5H,12H2,(H,13,15,16). The fraction of sp³-hybridized carbons (Fsp3) is 0. The number of H-pyrrole nitrogens is 2. The van der Waals surface area contributed by atoms with Crippen molar-refractivity contribution < 1.29 is 0 Å². The van der Waals surface area contributed by atoms with Crippen LogP contribution in [0.5, 0.6) is 0 Å². The molecule has 0 radical (unpaired) electrons. The molecular weight excluding hydrogens is 521 g/mol. The molecule has 34 heavy (non-hydrogen) atoms. The molecule has 2 heterocycles. The van der Waals surface area contributed by atoms with Crippen molar-refractivity contribution in [3.63, 3.8) is 0 Å². The van der Waals surface area contributed by atoms with Crippen molar-refractivity contribution in [3.05, 3.63) is 99.8 Å². The monoisotopic (exact) mass is 535 g/mol. The summed E-state index contributed by atoms with van der Waals surface area (Å²) in [5.74, 6) is 0.150. The molecule has 0 amide bonds. The number of nitrogen functional groups attached to an aromatic ring is 2. The number of benzene rings is 2. The van der Waals surface area contributed by atoms with Crippen molar-refractivity contribution in [2.45, 2.75) is 0 Å². The summed E-state index contributed by atoms with van der Waals surface area (Å²) in [4.78, 5) is 37.9. The molecule has 0 atom stereocenters. The van der Waals surface area contributed by atoms with Gasteiger partial charge in [0.25, 0.3) is 11.1 Å². The molecule has 4 rings (SSSR count). The number of halogens is 2. The number of rotatable bonds is 3. The van der Waals surface area contributed by atoms with Crippen LogP contribution in [0.1, 0.15) is 0 Å². The number of hydrogen-bond acceptors (Lipinski definition) is 8. The van der Waals surface area contributed by atoms with Gasteiger partial charge in [-0.2, -0.15) is 0 Å². The van der Waals surface area contributed by atoms with Crippen LogP contribution in [0.25, 0.3) is 11.4 Å². The lowest BCUT2D eigenvalue weighted by atomic mass is 10.3. The van der Waals surface area contributed by atoms with Crippen LogP contribution in [0, 0.1) is 14.4 Å². The van der Waals surface area contributed by atoms with E-state index in [0.717, 1.165) is 0 Å². The smallest absolute Gasteiger partial charge is 0.283 e. The lowest BCUT2D eigenvalue weighted by molar-refractivity contribution is 0.949. The van der Waals surface area contributed by atoms with Gasteiger partial charge in [0.05, 0.1) is 11.4 Å². The summed E-state index contributed by atoms with van der Waals surface area (Å²) in [7, 11) is 0. The van der Waals surface area contributed by atoms with Gasteiger partial charge in [-0.3, -0.25) is 28.7 Å². The van der Waals surface area contributed by atoms with E-state index < -0.39 is 11.2 Å². The minimum absolute atomic E-state index is 0.0622. The predicted octanol–water partition coefficient (Wildman–Crippen LogP) is 4.66. The summed E-state index contributed by atoms with van der Waals surface area (Å²) in [5, 5.41) is 3.65. The summed E-state index contributed by atoms with van der Waals surface area (Å²) >= 11 is 21.8. The van der Waals surface area contributed by atoms with Gasteiger partial charge in [0, 0.05) is 16.1 Å². The van der Waals surface area contributed by atoms with Crippen LogP contribution in [0.2, 0.25) is 10.0 Å². The van der Waals surface area contributed by atoms with Crippen LogP contribution in [0.3, 0.4) is 0 Å². The number of nitrogens with two attached hydrogens (primary N) is 2. The van der Waals surface area contributed by atoms with Gasteiger partial charge in [0.15, 0.2) is 9.54 Å². The first kappa shape index (κ1) is 25.1. The first-order chi connectivity index (χ1) is 16.1. The van der Waals surface area contributed by atoms with Gasteiger partial charge in [0.2, 0.25) is 5.69 Å². The number of nitrogens with one attached hydrogen (secondary N) is 2. The molecule has 0 bridgehead atoms. The first-order valence-corrected chi connectivity index (χ1v) is 10.8. The number of nitroso groups, excluding NO2 is 1. The Balaban J connectivity index is 0.000000192. The van der Waals surface area contributed by atoms with Crippen LogP contribution in [0.15, 0.2) is 69.4 Å². The van der Waals surface area contributed by atoms with E-state index in [1.54, 1.807) is 53.1 Å². The molecular formula is C20H15Cl2N7O3S2. The number of aromatic amines is 2. The first-order valence-electron chi connectivity index (χ1n) is 9.24. The van der Waals surface area contributed by atoms with Crippen LogP contribution >= 0.6 is 47.6 Å². The van der Waals surface area contributed by atoms with E-state index in [-0.39, 0.29) is 26.7 Å². The fourth-order valence-electron chi connectivity index (χ4n) is 2.90. The van der Waals surface area contributed by atoms with E-state index in [2.05, 4.69) is 15.1 Å². The molecule has 10 nitrogen and oxygen atoms in total. The summed E-state index contributed by atoms with van der Waals surface area (Å²) in [5.41, 5.74) is 11.3. The Morgan fingerprint density at radius 3 is 1.85 bits per heavy atom. The summed E-state index contributed by atoms with van der Waals surface area (Å²) in [6.07, 6.45) is 0. The fourth-order valence-corrected chi connectivity index (χ4v) is 3.88.